The number of nitrogens with zero attached hydrogens (tertiary/aromatic N) is 1. The van der Waals surface area contributed by atoms with Crippen molar-refractivity contribution in [3.8, 4) is 0 Å². The lowest BCUT2D eigenvalue weighted by Gasteiger charge is -2.05. The molecule has 1 rings (SSSR count). The van der Waals surface area contributed by atoms with E-state index in [9.17, 15) is 4.79 Å². The average Bonchev–Trinajstić information content (AvgIpc) is 2.36. The standard InChI is InChI=1S/C8H13NO2S/c1-3-11-8(10)4-7-5-9-6(2)12-7/h7H,3-5H2,1-2H3. The van der Waals surface area contributed by atoms with Crippen LogP contribution in [0.2, 0.25) is 0 Å². The van der Waals surface area contributed by atoms with Crippen LogP contribution in [0, 0.1) is 0 Å². The molecule has 1 aliphatic heterocycles. The van der Waals surface area contributed by atoms with Crippen LogP contribution in [-0.4, -0.2) is 29.4 Å². The second-order valence-electron chi connectivity index (χ2n) is 2.61. The van der Waals surface area contributed by atoms with E-state index >= 15 is 0 Å². The summed E-state index contributed by atoms with van der Waals surface area (Å²) in [5.74, 6) is -0.111. The molecule has 0 saturated carbocycles. The third-order valence-electron chi connectivity index (χ3n) is 1.55. The molecule has 1 heterocycles. The van der Waals surface area contributed by atoms with Crippen molar-refractivity contribution in [3.05, 3.63) is 0 Å². The Kier molecular flexibility index (Phi) is 3.59. The fraction of sp³-hybridized carbons (Fsp3) is 0.750. The van der Waals surface area contributed by atoms with Crippen LogP contribution in [0.15, 0.2) is 4.99 Å². The molecule has 0 aliphatic carbocycles. The molecule has 0 bridgehead atoms. The maximum Gasteiger partial charge on any atom is 0.306 e. The van der Waals surface area contributed by atoms with Gasteiger partial charge in [-0.15, -0.1) is 11.8 Å². The van der Waals surface area contributed by atoms with Gasteiger partial charge in [0.1, 0.15) is 0 Å². The summed E-state index contributed by atoms with van der Waals surface area (Å²) in [7, 11) is 0. The lowest BCUT2D eigenvalue weighted by molar-refractivity contribution is -0.143. The smallest absolute Gasteiger partial charge is 0.306 e. The summed E-state index contributed by atoms with van der Waals surface area (Å²) in [4.78, 5) is 15.2. The van der Waals surface area contributed by atoms with Gasteiger partial charge in [-0.1, -0.05) is 0 Å². The average molecular weight is 187 g/mol. The first-order valence-corrected chi connectivity index (χ1v) is 4.93. The zero-order valence-electron chi connectivity index (χ0n) is 7.37. The van der Waals surface area contributed by atoms with Crippen molar-refractivity contribution in [1.29, 1.82) is 0 Å². The Bertz CT molecular complexity index is 203. The Labute approximate surface area is 76.6 Å². The first-order valence-electron chi connectivity index (χ1n) is 4.05. The van der Waals surface area contributed by atoms with E-state index in [1.807, 2.05) is 13.8 Å². The van der Waals surface area contributed by atoms with Crippen molar-refractivity contribution in [2.75, 3.05) is 13.2 Å². The number of thioether (sulfide) groups is 1. The predicted octanol–water partition coefficient (Wildman–Crippen LogP) is 1.47. The SMILES string of the molecule is CCOC(=O)CC1CN=C(C)S1. The summed E-state index contributed by atoms with van der Waals surface area (Å²) in [6, 6.07) is 0. The van der Waals surface area contributed by atoms with E-state index in [0.717, 1.165) is 11.6 Å². The van der Waals surface area contributed by atoms with E-state index in [1.54, 1.807) is 11.8 Å². The minimum absolute atomic E-state index is 0.111. The number of carbonyl (C=O) groups excluding carboxylic acids is 1. The summed E-state index contributed by atoms with van der Waals surface area (Å²) in [6.07, 6.45) is 0.485. The molecule has 3 nitrogen and oxygen atoms in total. The number of ether oxygens (including phenoxy) is 1. The molecule has 0 N–H and O–H groups in total. The van der Waals surface area contributed by atoms with E-state index in [4.69, 9.17) is 4.74 Å². The number of esters is 1. The number of aliphatic imine (C=N–C) groups is 1. The summed E-state index contributed by atoms with van der Waals surface area (Å²) >= 11 is 1.67. The molecule has 0 aromatic carbocycles. The van der Waals surface area contributed by atoms with Gasteiger partial charge in [0.15, 0.2) is 0 Å². The van der Waals surface area contributed by atoms with Crippen molar-refractivity contribution in [1.82, 2.24) is 0 Å². The number of hydrogen-bond donors (Lipinski definition) is 0. The van der Waals surface area contributed by atoms with Crippen LogP contribution in [0.3, 0.4) is 0 Å². The van der Waals surface area contributed by atoms with E-state index in [1.165, 1.54) is 0 Å². The monoisotopic (exact) mass is 187 g/mol. The predicted molar refractivity (Wildman–Crippen MR) is 50.6 cm³/mol. The first kappa shape index (κ1) is 9.58. The van der Waals surface area contributed by atoms with E-state index < -0.39 is 0 Å². The lowest BCUT2D eigenvalue weighted by Crippen LogP contribution is -2.13. The largest absolute Gasteiger partial charge is 0.466 e. The van der Waals surface area contributed by atoms with E-state index in [0.29, 0.717) is 18.3 Å². The zero-order chi connectivity index (χ0) is 8.97. The molecule has 0 saturated heterocycles. The Morgan fingerprint density at radius 1 is 1.83 bits per heavy atom. The molecule has 0 spiro atoms. The summed E-state index contributed by atoms with van der Waals surface area (Å²) in [5.41, 5.74) is 0. The summed E-state index contributed by atoms with van der Waals surface area (Å²) in [6.45, 7) is 5.02. The number of carbonyl (C=O) groups is 1. The van der Waals surface area contributed by atoms with Gasteiger partial charge in [0.25, 0.3) is 0 Å². The molecule has 1 aliphatic rings. The molecule has 0 aromatic rings. The normalized spacial score (nSPS) is 22.2. The maximum atomic E-state index is 11.0. The fourth-order valence-corrected chi connectivity index (χ4v) is 2.06. The van der Waals surface area contributed by atoms with Gasteiger partial charge in [-0.25, -0.2) is 0 Å². The van der Waals surface area contributed by atoms with Crippen LogP contribution in [-0.2, 0) is 9.53 Å². The van der Waals surface area contributed by atoms with Crippen LogP contribution in [0.25, 0.3) is 0 Å². The third kappa shape index (κ3) is 2.85. The third-order valence-corrected chi connectivity index (χ3v) is 2.67. The molecular formula is C8H13NO2S. The fourth-order valence-electron chi connectivity index (χ4n) is 1.06. The molecule has 1 atom stereocenters. The van der Waals surface area contributed by atoms with Crippen LogP contribution in [0.5, 0.6) is 0 Å². The van der Waals surface area contributed by atoms with Crippen molar-refractivity contribution < 1.29 is 9.53 Å². The van der Waals surface area contributed by atoms with Gasteiger partial charge < -0.3 is 4.74 Å². The highest BCUT2D eigenvalue weighted by Gasteiger charge is 2.20. The van der Waals surface area contributed by atoms with Crippen molar-refractivity contribution in [3.63, 3.8) is 0 Å². The first-order chi connectivity index (χ1) is 5.72. The van der Waals surface area contributed by atoms with Gasteiger partial charge in [-0.2, -0.15) is 0 Å². The van der Waals surface area contributed by atoms with Crippen LogP contribution in [0.1, 0.15) is 20.3 Å². The van der Waals surface area contributed by atoms with Gasteiger partial charge in [0.2, 0.25) is 0 Å². The zero-order valence-corrected chi connectivity index (χ0v) is 8.19. The van der Waals surface area contributed by atoms with Gasteiger partial charge >= 0.3 is 5.97 Å². The Balaban J connectivity index is 2.21. The molecule has 4 heteroatoms. The molecule has 12 heavy (non-hydrogen) atoms. The van der Waals surface area contributed by atoms with Gasteiger partial charge in [0, 0.05) is 5.25 Å². The molecule has 0 radical (unpaired) electrons. The van der Waals surface area contributed by atoms with E-state index in [2.05, 4.69) is 4.99 Å². The Morgan fingerprint density at radius 2 is 2.58 bits per heavy atom. The Morgan fingerprint density at radius 3 is 3.08 bits per heavy atom. The minimum Gasteiger partial charge on any atom is -0.466 e. The van der Waals surface area contributed by atoms with Crippen LogP contribution in [0.4, 0.5) is 0 Å². The topological polar surface area (TPSA) is 38.7 Å². The highest BCUT2D eigenvalue weighted by atomic mass is 32.2. The molecular weight excluding hydrogens is 174 g/mol. The maximum absolute atomic E-state index is 11.0. The second kappa shape index (κ2) is 4.50. The molecule has 0 fully saturated rings. The molecule has 1 unspecified atom stereocenters. The number of rotatable bonds is 3. The quantitative estimate of drug-likeness (QED) is 0.628. The number of hydrogen-bond acceptors (Lipinski definition) is 4. The van der Waals surface area contributed by atoms with Gasteiger partial charge in [-0.05, 0) is 13.8 Å². The van der Waals surface area contributed by atoms with Crippen molar-refractivity contribution >= 4 is 22.8 Å². The van der Waals surface area contributed by atoms with Crippen LogP contribution < -0.4 is 0 Å². The highest BCUT2D eigenvalue weighted by Crippen LogP contribution is 2.23. The molecule has 68 valence electrons. The van der Waals surface area contributed by atoms with Crippen molar-refractivity contribution in [2.24, 2.45) is 4.99 Å². The van der Waals surface area contributed by atoms with E-state index in [-0.39, 0.29) is 5.97 Å². The Hall–Kier alpha value is -0.510. The van der Waals surface area contributed by atoms with Crippen molar-refractivity contribution in [2.45, 2.75) is 25.5 Å². The second-order valence-corrected chi connectivity index (χ2v) is 4.10. The van der Waals surface area contributed by atoms with Gasteiger partial charge in [-0.3, -0.25) is 9.79 Å². The molecule has 0 amide bonds. The minimum atomic E-state index is -0.111. The lowest BCUT2D eigenvalue weighted by atomic mass is 10.3. The summed E-state index contributed by atoms with van der Waals surface area (Å²) < 4.78 is 4.84. The van der Waals surface area contributed by atoms with Crippen LogP contribution >= 0.6 is 11.8 Å². The van der Waals surface area contributed by atoms with Gasteiger partial charge in [0.05, 0.1) is 24.6 Å². The molecule has 0 aromatic heterocycles. The summed E-state index contributed by atoms with van der Waals surface area (Å²) in [5, 5.41) is 1.38. The highest BCUT2D eigenvalue weighted by molar-refractivity contribution is 8.14.